The van der Waals surface area contributed by atoms with Gasteiger partial charge in [-0.15, -0.1) is 0 Å². The van der Waals surface area contributed by atoms with Gasteiger partial charge in [-0.1, -0.05) is 27.7 Å². The van der Waals surface area contributed by atoms with E-state index in [1.807, 2.05) is 0 Å². The van der Waals surface area contributed by atoms with E-state index in [4.69, 9.17) is 0 Å². The average Bonchev–Trinajstić information content (AvgIpc) is 2.16. The number of nitrogens with zero attached hydrogens (tertiary/aromatic N) is 2. The predicted octanol–water partition coefficient (Wildman–Crippen LogP) is 2.52. The van der Waals surface area contributed by atoms with Gasteiger partial charge in [0.25, 0.3) is 0 Å². The summed E-state index contributed by atoms with van der Waals surface area (Å²) in [4.78, 5) is 8.74. The van der Waals surface area contributed by atoms with E-state index in [-0.39, 0.29) is 0 Å². The average molecular weight is 177 g/mol. The molecule has 0 fully saturated rings. The van der Waals surface area contributed by atoms with Crippen LogP contribution in [0, 0.1) is 6.20 Å². The Morgan fingerprint density at radius 3 is 2.38 bits per heavy atom. The topological polar surface area (TPSA) is 25.8 Å². The van der Waals surface area contributed by atoms with Crippen LogP contribution in [0.15, 0.2) is 0 Å². The van der Waals surface area contributed by atoms with Crippen molar-refractivity contribution in [3.05, 3.63) is 23.3 Å². The zero-order chi connectivity index (χ0) is 9.84. The van der Waals surface area contributed by atoms with E-state index in [2.05, 4.69) is 43.9 Å². The van der Waals surface area contributed by atoms with Crippen LogP contribution >= 0.6 is 0 Å². The molecule has 1 aromatic heterocycles. The lowest BCUT2D eigenvalue weighted by molar-refractivity contribution is 0.746. The molecule has 71 valence electrons. The first-order valence-electron chi connectivity index (χ1n) is 4.96. The Labute approximate surface area is 80.4 Å². The van der Waals surface area contributed by atoms with Crippen LogP contribution in [0.1, 0.15) is 50.7 Å². The molecule has 0 aliphatic heterocycles. The Kier molecular flexibility index (Phi) is 3.40. The summed E-state index contributed by atoms with van der Waals surface area (Å²) in [6.07, 6.45) is 5.02. The van der Waals surface area contributed by atoms with Crippen molar-refractivity contribution >= 4 is 0 Å². The van der Waals surface area contributed by atoms with E-state index in [1.54, 1.807) is 0 Å². The lowest BCUT2D eigenvalue weighted by Gasteiger charge is -2.07. The van der Waals surface area contributed by atoms with Crippen LogP contribution in [0.25, 0.3) is 0 Å². The standard InChI is InChI=1S/C11H17N2/c1-5-9-7-12-11(8(3)4)13-10(9)6-2/h8H,5-6H2,1-4H3. The molecule has 0 aromatic carbocycles. The van der Waals surface area contributed by atoms with E-state index in [9.17, 15) is 0 Å². The maximum Gasteiger partial charge on any atom is 0.131 e. The Balaban J connectivity index is 3.05. The predicted molar refractivity (Wildman–Crippen MR) is 53.7 cm³/mol. The lowest BCUT2D eigenvalue weighted by Crippen LogP contribution is -2.04. The fourth-order valence-corrected chi connectivity index (χ4v) is 1.25. The molecule has 0 spiro atoms. The van der Waals surface area contributed by atoms with Crippen LogP contribution in [-0.4, -0.2) is 9.97 Å². The first-order chi connectivity index (χ1) is 6.19. The zero-order valence-electron chi connectivity index (χ0n) is 8.89. The summed E-state index contributed by atoms with van der Waals surface area (Å²) in [5.74, 6) is 1.31. The lowest BCUT2D eigenvalue weighted by atomic mass is 10.1. The maximum absolute atomic E-state index is 4.52. The fraction of sp³-hybridized carbons (Fsp3) is 0.636. The first-order valence-corrected chi connectivity index (χ1v) is 4.96. The number of hydrogen-bond acceptors (Lipinski definition) is 2. The maximum atomic E-state index is 4.52. The molecule has 0 bridgehead atoms. The molecule has 2 nitrogen and oxygen atoms in total. The van der Waals surface area contributed by atoms with Crippen molar-refractivity contribution in [2.24, 2.45) is 0 Å². The van der Waals surface area contributed by atoms with Gasteiger partial charge in [0.15, 0.2) is 0 Å². The van der Waals surface area contributed by atoms with Crippen LogP contribution in [0.2, 0.25) is 0 Å². The summed E-state index contributed by atoms with van der Waals surface area (Å²) in [5, 5.41) is 0. The van der Waals surface area contributed by atoms with Crippen LogP contribution in [0.3, 0.4) is 0 Å². The van der Waals surface area contributed by atoms with Crippen molar-refractivity contribution in [3.8, 4) is 0 Å². The second kappa shape index (κ2) is 4.35. The highest BCUT2D eigenvalue weighted by Gasteiger charge is 2.07. The third-order valence-electron chi connectivity index (χ3n) is 2.11. The first kappa shape index (κ1) is 10.2. The summed E-state index contributed by atoms with van der Waals surface area (Å²) < 4.78 is 0. The van der Waals surface area contributed by atoms with Gasteiger partial charge in [0.1, 0.15) is 5.82 Å². The van der Waals surface area contributed by atoms with Crippen molar-refractivity contribution in [3.63, 3.8) is 0 Å². The van der Waals surface area contributed by atoms with Crippen molar-refractivity contribution in [2.75, 3.05) is 0 Å². The van der Waals surface area contributed by atoms with E-state index in [0.717, 1.165) is 29.9 Å². The third-order valence-corrected chi connectivity index (χ3v) is 2.11. The molecule has 1 radical (unpaired) electrons. The largest absolute Gasteiger partial charge is 0.237 e. The summed E-state index contributed by atoms with van der Waals surface area (Å²) in [5.41, 5.74) is 2.31. The second-order valence-electron chi connectivity index (χ2n) is 3.48. The molecule has 13 heavy (non-hydrogen) atoms. The minimum Gasteiger partial charge on any atom is -0.237 e. The van der Waals surface area contributed by atoms with Crippen LogP contribution in [-0.2, 0) is 12.8 Å². The molecule has 1 aromatic rings. The molecule has 0 atom stereocenters. The molecule has 2 heteroatoms. The van der Waals surface area contributed by atoms with Gasteiger partial charge < -0.3 is 0 Å². The molecule has 0 saturated carbocycles. The summed E-state index contributed by atoms with van der Waals surface area (Å²) in [6.45, 7) is 8.45. The van der Waals surface area contributed by atoms with E-state index in [0.29, 0.717) is 5.92 Å². The molecular formula is C11H17N2. The highest BCUT2D eigenvalue weighted by atomic mass is 14.9. The molecule has 0 aliphatic carbocycles. The smallest absolute Gasteiger partial charge is 0.131 e. The summed E-state index contributed by atoms with van der Waals surface area (Å²) in [6, 6.07) is 0. The van der Waals surface area contributed by atoms with Gasteiger partial charge >= 0.3 is 0 Å². The summed E-state index contributed by atoms with van der Waals surface area (Å²) in [7, 11) is 0. The molecule has 0 aliphatic rings. The van der Waals surface area contributed by atoms with E-state index < -0.39 is 0 Å². The summed E-state index contributed by atoms with van der Waals surface area (Å²) >= 11 is 0. The fourth-order valence-electron chi connectivity index (χ4n) is 1.25. The highest BCUT2D eigenvalue weighted by molar-refractivity contribution is 5.17. The molecule has 1 heterocycles. The van der Waals surface area contributed by atoms with E-state index >= 15 is 0 Å². The van der Waals surface area contributed by atoms with Gasteiger partial charge in [0.05, 0.1) is 6.20 Å². The number of hydrogen-bond donors (Lipinski definition) is 0. The van der Waals surface area contributed by atoms with Gasteiger partial charge in [-0.05, 0) is 12.8 Å². The number of aromatic nitrogens is 2. The van der Waals surface area contributed by atoms with Gasteiger partial charge in [0.2, 0.25) is 0 Å². The third kappa shape index (κ3) is 2.27. The molecule has 0 saturated heterocycles. The second-order valence-corrected chi connectivity index (χ2v) is 3.48. The highest BCUT2D eigenvalue weighted by Crippen LogP contribution is 2.12. The number of rotatable bonds is 3. The Hall–Kier alpha value is -0.920. The monoisotopic (exact) mass is 177 g/mol. The molecule has 1 rings (SSSR count). The Bertz CT molecular complexity index is 279. The molecule has 0 unspecified atom stereocenters. The number of aryl methyl sites for hydroxylation is 2. The van der Waals surface area contributed by atoms with Crippen molar-refractivity contribution in [1.29, 1.82) is 0 Å². The minimum atomic E-state index is 0.396. The SMILES string of the molecule is CCc1[c]nc(C(C)C)nc1CC. The van der Waals surface area contributed by atoms with Crippen LogP contribution in [0.5, 0.6) is 0 Å². The zero-order valence-corrected chi connectivity index (χ0v) is 8.89. The van der Waals surface area contributed by atoms with Crippen molar-refractivity contribution in [1.82, 2.24) is 9.97 Å². The Morgan fingerprint density at radius 1 is 1.23 bits per heavy atom. The molecule has 0 N–H and O–H groups in total. The minimum absolute atomic E-state index is 0.396. The van der Waals surface area contributed by atoms with Crippen molar-refractivity contribution < 1.29 is 0 Å². The normalized spacial score (nSPS) is 10.8. The van der Waals surface area contributed by atoms with Gasteiger partial charge in [-0.3, -0.25) is 0 Å². The van der Waals surface area contributed by atoms with Gasteiger partial charge in [-0.25, -0.2) is 9.97 Å². The van der Waals surface area contributed by atoms with E-state index in [1.165, 1.54) is 0 Å². The molecule has 0 amide bonds. The van der Waals surface area contributed by atoms with Gasteiger partial charge in [-0.2, -0.15) is 0 Å². The van der Waals surface area contributed by atoms with Crippen molar-refractivity contribution in [2.45, 2.75) is 46.5 Å². The quantitative estimate of drug-likeness (QED) is 0.709. The van der Waals surface area contributed by atoms with Crippen LogP contribution < -0.4 is 0 Å². The Morgan fingerprint density at radius 2 is 1.92 bits per heavy atom. The molecular weight excluding hydrogens is 160 g/mol. The van der Waals surface area contributed by atoms with Gasteiger partial charge in [0, 0.05) is 17.2 Å². The van der Waals surface area contributed by atoms with Crippen LogP contribution in [0.4, 0.5) is 0 Å².